The van der Waals surface area contributed by atoms with Gasteiger partial charge in [-0.15, -0.1) is 11.3 Å². The highest BCUT2D eigenvalue weighted by Gasteiger charge is 2.40. The van der Waals surface area contributed by atoms with Gasteiger partial charge in [-0.25, -0.2) is 4.98 Å². The van der Waals surface area contributed by atoms with E-state index in [0.29, 0.717) is 0 Å². The summed E-state index contributed by atoms with van der Waals surface area (Å²) in [6, 6.07) is 0.752. The zero-order chi connectivity index (χ0) is 13.1. The average molecular weight is 279 g/mol. The van der Waals surface area contributed by atoms with E-state index in [2.05, 4.69) is 27.5 Å². The molecule has 1 aliphatic heterocycles. The van der Waals surface area contributed by atoms with Crippen molar-refractivity contribution >= 4 is 11.3 Å². The van der Waals surface area contributed by atoms with Gasteiger partial charge in [-0.2, -0.15) is 0 Å². The molecule has 1 unspecified atom stereocenters. The predicted octanol–water partition coefficient (Wildman–Crippen LogP) is 2.99. The van der Waals surface area contributed by atoms with Gasteiger partial charge >= 0.3 is 0 Å². The van der Waals surface area contributed by atoms with E-state index >= 15 is 0 Å². The number of nitrogens with zero attached hydrogens (tertiary/aromatic N) is 2. The van der Waals surface area contributed by atoms with E-state index in [9.17, 15) is 0 Å². The number of thiazole rings is 1. The molecule has 3 nitrogen and oxygen atoms in total. The van der Waals surface area contributed by atoms with Crippen LogP contribution in [0.1, 0.15) is 50.5 Å². The Bertz CT molecular complexity index is 388. The molecule has 19 heavy (non-hydrogen) atoms. The zero-order valence-corrected chi connectivity index (χ0v) is 12.7. The van der Waals surface area contributed by atoms with Gasteiger partial charge in [0, 0.05) is 24.2 Å². The molecule has 2 fully saturated rings. The van der Waals surface area contributed by atoms with Gasteiger partial charge in [-0.1, -0.05) is 6.92 Å². The first-order valence-electron chi connectivity index (χ1n) is 7.72. The Morgan fingerprint density at radius 3 is 3.00 bits per heavy atom. The highest BCUT2D eigenvalue weighted by molar-refractivity contribution is 7.09. The summed E-state index contributed by atoms with van der Waals surface area (Å²) in [4.78, 5) is 7.27. The maximum absolute atomic E-state index is 4.64. The molecule has 2 heterocycles. The standard InChI is InChI=1S/C15H25N3S/c1-2-9-18-10-3-6-15(7-11-18,17-13-4-5-13)14-16-8-12-19-14/h8,12-13,17H,2-7,9-11H2,1H3. The van der Waals surface area contributed by atoms with Crippen molar-refractivity contribution in [2.24, 2.45) is 0 Å². The van der Waals surface area contributed by atoms with Crippen LogP contribution >= 0.6 is 11.3 Å². The number of hydrogen-bond donors (Lipinski definition) is 1. The molecule has 0 spiro atoms. The van der Waals surface area contributed by atoms with Crippen molar-refractivity contribution in [1.82, 2.24) is 15.2 Å². The fourth-order valence-corrected chi connectivity index (χ4v) is 4.09. The lowest BCUT2D eigenvalue weighted by molar-refractivity contribution is 0.254. The van der Waals surface area contributed by atoms with Crippen molar-refractivity contribution in [3.8, 4) is 0 Å². The lowest BCUT2D eigenvalue weighted by Crippen LogP contribution is -2.44. The number of nitrogens with one attached hydrogen (secondary N) is 1. The molecular weight excluding hydrogens is 254 g/mol. The molecule has 3 rings (SSSR count). The van der Waals surface area contributed by atoms with Crippen molar-refractivity contribution in [2.45, 2.75) is 57.0 Å². The lowest BCUT2D eigenvalue weighted by atomic mass is 9.91. The predicted molar refractivity (Wildman–Crippen MR) is 80.5 cm³/mol. The minimum atomic E-state index is 0.165. The summed E-state index contributed by atoms with van der Waals surface area (Å²) in [6.07, 6.45) is 9.69. The van der Waals surface area contributed by atoms with Gasteiger partial charge in [0.05, 0.1) is 5.54 Å². The summed E-state index contributed by atoms with van der Waals surface area (Å²) in [5.41, 5.74) is 0.165. The summed E-state index contributed by atoms with van der Waals surface area (Å²) in [7, 11) is 0. The second-order valence-electron chi connectivity index (χ2n) is 6.03. The Balaban J connectivity index is 1.75. The Morgan fingerprint density at radius 1 is 1.42 bits per heavy atom. The van der Waals surface area contributed by atoms with Gasteiger partial charge in [-0.3, -0.25) is 0 Å². The number of hydrogen-bond acceptors (Lipinski definition) is 4. The van der Waals surface area contributed by atoms with Crippen LogP contribution in [0.25, 0.3) is 0 Å². The molecule has 1 aromatic rings. The van der Waals surface area contributed by atoms with E-state index in [4.69, 9.17) is 0 Å². The third-order valence-corrected chi connectivity index (χ3v) is 5.35. The largest absolute Gasteiger partial charge is 0.303 e. The molecular formula is C15H25N3S. The third kappa shape index (κ3) is 3.18. The monoisotopic (exact) mass is 279 g/mol. The first kappa shape index (κ1) is 13.5. The van der Waals surface area contributed by atoms with E-state index < -0.39 is 0 Å². The van der Waals surface area contributed by atoms with Crippen LogP contribution < -0.4 is 5.32 Å². The molecule has 1 saturated heterocycles. The smallest absolute Gasteiger partial charge is 0.113 e. The van der Waals surface area contributed by atoms with Crippen LogP contribution in [0, 0.1) is 0 Å². The SMILES string of the molecule is CCCN1CCCC(NC2CC2)(c2nccs2)CC1. The Morgan fingerprint density at radius 2 is 2.32 bits per heavy atom. The van der Waals surface area contributed by atoms with Crippen LogP contribution in [0.2, 0.25) is 0 Å². The van der Waals surface area contributed by atoms with E-state index in [0.717, 1.165) is 6.04 Å². The molecule has 1 N–H and O–H groups in total. The van der Waals surface area contributed by atoms with Gasteiger partial charge in [0.25, 0.3) is 0 Å². The quantitative estimate of drug-likeness (QED) is 0.898. The van der Waals surface area contributed by atoms with Crippen LogP contribution in [0.3, 0.4) is 0 Å². The highest BCUT2D eigenvalue weighted by Crippen LogP contribution is 2.37. The minimum absolute atomic E-state index is 0.165. The van der Waals surface area contributed by atoms with Crippen LogP contribution in [0.15, 0.2) is 11.6 Å². The summed E-state index contributed by atoms with van der Waals surface area (Å²) >= 11 is 1.83. The number of aromatic nitrogens is 1. The van der Waals surface area contributed by atoms with Gasteiger partial charge in [0.15, 0.2) is 0 Å². The van der Waals surface area contributed by atoms with Crippen molar-refractivity contribution in [2.75, 3.05) is 19.6 Å². The maximum Gasteiger partial charge on any atom is 0.113 e. The molecule has 1 aromatic heterocycles. The summed E-state index contributed by atoms with van der Waals surface area (Å²) in [5.74, 6) is 0. The van der Waals surface area contributed by atoms with Crippen molar-refractivity contribution in [1.29, 1.82) is 0 Å². The van der Waals surface area contributed by atoms with E-state index in [1.54, 1.807) is 0 Å². The molecule has 0 amide bonds. The fourth-order valence-electron chi connectivity index (χ4n) is 3.23. The van der Waals surface area contributed by atoms with Gasteiger partial charge < -0.3 is 10.2 Å². The Kier molecular flexibility index (Phi) is 4.20. The van der Waals surface area contributed by atoms with Crippen molar-refractivity contribution < 1.29 is 0 Å². The highest BCUT2D eigenvalue weighted by atomic mass is 32.1. The van der Waals surface area contributed by atoms with E-state index in [-0.39, 0.29) is 5.54 Å². The van der Waals surface area contributed by atoms with Crippen molar-refractivity contribution in [3.05, 3.63) is 16.6 Å². The molecule has 1 aliphatic carbocycles. The zero-order valence-electron chi connectivity index (χ0n) is 11.9. The topological polar surface area (TPSA) is 28.2 Å². The normalized spacial score (nSPS) is 29.3. The summed E-state index contributed by atoms with van der Waals surface area (Å²) in [5, 5.41) is 7.38. The van der Waals surface area contributed by atoms with Crippen LogP contribution in [0.5, 0.6) is 0 Å². The van der Waals surface area contributed by atoms with Crippen LogP contribution in [0.4, 0.5) is 0 Å². The molecule has 2 aliphatic rings. The number of rotatable bonds is 5. The number of likely N-dealkylation sites (tertiary alicyclic amines) is 1. The van der Waals surface area contributed by atoms with Gasteiger partial charge in [0.1, 0.15) is 5.01 Å². The Hall–Kier alpha value is -0.450. The van der Waals surface area contributed by atoms with Crippen molar-refractivity contribution in [3.63, 3.8) is 0 Å². The second kappa shape index (κ2) is 5.90. The molecule has 1 saturated carbocycles. The third-order valence-electron chi connectivity index (χ3n) is 4.37. The summed E-state index contributed by atoms with van der Waals surface area (Å²) in [6.45, 7) is 6.00. The molecule has 0 aromatic carbocycles. The summed E-state index contributed by atoms with van der Waals surface area (Å²) < 4.78 is 0. The fraction of sp³-hybridized carbons (Fsp3) is 0.800. The maximum atomic E-state index is 4.64. The molecule has 1 atom stereocenters. The van der Waals surface area contributed by atoms with Crippen LogP contribution in [-0.2, 0) is 5.54 Å². The van der Waals surface area contributed by atoms with Gasteiger partial charge in [0.2, 0.25) is 0 Å². The van der Waals surface area contributed by atoms with E-state index in [1.165, 1.54) is 63.2 Å². The average Bonchev–Trinajstić information content (AvgIpc) is 3.09. The second-order valence-corrected chi connectivity index (χ2v) is 6.93. The molecule has 0 bridgehead atoms. The Labute approximate surface area is 120 Å². The molecule has 106 valence electrons. The minimum Gasteiger partial charge on any atom is -0.303 e. The van der Waals surface area contributed by atoms with Crippen LogP contribution in [-0.4, -0.2) is 35.6 Å². The van der Waals surface area contributed by atoms with Gasteiger partial charge in [-0.05, 0) is 51.6 Å². The molecule has 4 heteroatoms. The van der Waals surface area contributed by atoms with E-state index in [1.807, 2.05) is 17.5 Å². The first-order valence-corrected chi connectivity index (χ1v) is 8.60. The lowest BCUT2D eigenvalue weighted by Gasteiger charge is -2.32. The first-order chi connectivity index (χ1) is 9.32. The molecule has 0 radical (unpaired) electrons.